The molecule has 0 unspecified atom stereocenters. The van der Waals surface area contributed by atoms with Crippen LogP contribution in [0.15, 0.2) is 72.8 Å². The van der Waals surface area contributed by atoms with Crippen LogP contribution in [-0.4, -0.2) is 0 Å². The third-order valence-corrected chi connectivity index (χ3v) is 14.4. The Balaban J connectivity index is 2.10. The fourth-order valence-corrected chi connectivity index (χ4v) is 12.1. The van der Waals surface area contributed by atoms with Crippen LogP contribution in [0.2, 0.25) is 0 Å². The van der Waals surface area contributed by atoms with E-state index in [0.717, 1.165) is 0 Å². The Morgan fingerprint density at radius 1 is 0.409 bits per heavy atom. The van der Waals surface area contributed by atoms with Gasteiger partial charge in [0.15, 0.2) is 0 Å². The van der Waals surface area contributed by atoms with E-state index in [0.29, 0.717) is 0 Å². The number of rotatable bonds is 3. The van der Waals surface area contributed by atoms with Crippen molar-refractivity contribution in [2.45, 2.75) is 20.8 Å². The normalized spacial score (nSPS) is 10.5. The fourth-order valence-electron chi connectivity index (χ4n) is 2.85. The quantitative estimate of drug-likeness (QED) is 0.616. The van der Waals surface area contributed by atoms with Gasteiger partial charge in [0.2, 0.25) is 0 Å². The van der Waals surface area contributed by atoms with Crippen molar-refractivity contribution in [3.05, 3.63) is 89.5 Å². The van der Waals surface area contributed by atoms with Crippen molar-refractivity contribution in [1.29, 1.82) is 0 Å². The van der Waals surface area contributed by atoms with Crippen LogP contribution in [0.5, 0.6) is 0 Å². The van der Waals surface area contributed by atoms with E-state index in [1.165, 1.54) is 16.7 Å². The van der Waals surface area contributed by atoms with Gasteiger partial charge >= 0.3 is 149 Å². The second-order valence-corrected chi connectivity index (χ2v) is 15.4. The summed E-state index contributed by atoms with van der Waals surface area (Å²) in [5, 5.41) is 0. The van der Waals surface area contributed by atoms with E-state index in [9.17, 15) is 0 Å². The van der Waals surface area contributed by atoms with Gasteiger partial charge in [-0.25, -0.2) is 0 Å². The molecule has 3 aromatic carbocycles. The molecule has 1 heteroatoms. The van der Waals surface area contributed by atoms with Crippen LogP contribution in [0.4, 0.5) is 0 Å². The van der Waals surface area contributed by atoms with E-state index in [-0.39, 0.29) is 0 Å². The molecule has 0 heterocycles. The third kappa shape index (κ3) is 3.67. The summed E-state index contributed by atoms with van der Waals surface area (Å²) in [7, 11) is 0. The van der Waals surface area contributed by atoms with Crippen molar-refractivity contribution in [1.82, 2.24) is 0 Å². The van der Waals surface area contributed by atoms with E-state index in [1.807, 2.05) is 0 Å². The molecule has 0 aromatic heterocycles. The maximum atomic E-state index is 2.35. The molecule has 0 aliphatic heterocycles. The topological polar surface area (TPSA) is 0 Å². The Kier molecular flexibility index (Phi) is 5.11. The average molecular weight is 414 g/mol. The molecule has 0 N–H and O–H groups in total. The summed E-state index contributed by atoms with van der Waals surface area (Å²) in [6.45, 7) is 6.48. The van der Waals surface area contributed by atoms with Crippen LogP contribution in [0.1, 0.15) is 16.7 Å². The molecular weight excluding hydrogens is 393 g/mol. The predicted molar refractivity (Wildman–Crippen MR) is 92.4 cm³/mol. The Hall–Kier alpha value is -0.976. The molecule has 0 radical (unpaired) electrons. The third-order valence-electron chi connectivity index (χ3n) is 4.23. The van der Waals surface area contributed by atoms with Crippen molar-refractivity contribution < 1.29 is 35.0 Å². The molecule has 108 valence electrons. The molecule has 0 bridgehead atoms. The van der Waals surface area contributed by atoms with E-state index in [2.05, 4.69) is 93.6 Å². The van der Waals surface area contributed by atoms with Crippen molar-refractivity contribution in [3.63, 3.8) is 0 Å². The van der Waals surface area contributed by atoms with Crippen molar-refractivity contribution in [2.24, 2.45) is 0 Å². The first kappa shape index (κ1) is 15.9. The van der Waals surface area contributed by atoms with Gasteiger partial charge in [-0.1, -0.05) is 0 Å². The van der Waals surface area contributed by atoms with Crippen LogP contribution < -0.4 is 3.44 Å². The number of hydrogen-bond acceptors (Lipinski definition) is 0. The minimum atomic E-state index is -2.37. The van der Waals surface area contributed by atoms with E-state index < -0.39 is 35.0 Å². The Morgan fingerprint density at radius 2 is 0.636 bits per heavy atom. The van der Waals surface area contributed by atoms with Gasteiger partial charge in [-0.2, -0.15) is 0 Å². The van der Waals surface area contributed by atoms with Gasteiger partial charge < -0.3 is 0 Å². The van der Waals surface area contributed by atoms with Gasteiger partial charge in [0.05, 0.1) is 0 Å². The van der Waals surface area contributed by atoms with Crippen LogP contribution in [0.3, 0.4) is 0 Å². The summed E-state index contributed by atoms with van der Waals surface area (Å²) < 4.78 is 4.70. The summed E-state index contributed by atoms with van der Waals surface area (Å²) in [6.07, 6.45) is 0. The van der Waals surface area contributed by atoms with Crippen LogP contribution in [-0.2, 0) is 0 Å². The van der Waals surface area contributed by atoms with Gasteiger partial charge in [0, 0.05) is 0 Å². The van der Waals surface area contributed by atoms with Crippen LogP contribution in [0.25, 0.3) is 0 Å². The van der Waals surface area contributed by atoms with Crippen molar-refractivity contribution in [2.75, 3.05) is 0 Å². The molecule has 22 heavy (non-hydrogen) atoms. The van der Waals surface area contributed by atoms with Gasteiger partial charge in [-0.05, 0) is 0 Å². The van der Waals surface area contributed by atoms with Gasteiger partial charge in [-0.3, -0.25) is 0 Å². The monoisotopic (exact) mass is 414 g/mol. The molecule has 0 amide bonds. The summed E-state index contributed by atoms with van der Waals surface area (Å²) in [5.41, 5.74) is 4.01. The summed E-state index contributed by atoms with van der Waals surface area (Å²) in [5.74, 6) is 0. The summed E-state index contributed by atoms with van der Waals surface area (Å²) in [6, 6.07) is 27.6. The zero-order valence-electron chi connectivity index (χ0n) is 13.5. The molecule has 0 saturated carbocycles. The number of hydrogen-bond donors (Lipinski definition) is 0. The first-order chi connectivity index (χ1) is 10.6. The second-order valence-electron chi connectivity index (χ2n) is 6.17. The standard InChI is InChI=1S/3C7H7.Pr/c3*1-7-5-3-2-4-6-7;/h3*3-6H,1H3;. The first-order valence-corrected chi connectivity index (χ1v) is 13.4. The van der Waals surface area contributed by atoms with Crippen LogP contribution in [0, 0.1) is 55.8 Å². The van der Waals surface area contributed by atoms with Crippen molar-refractivity contribution in [3.8, 4) is 0 Å². The van der Waals surface area contributed by atoms with E-state index in [1.54, 1.807) is 3.44 Å². The Labute approximate surface area is 147 Å². The maximum absolute atomic E-state index is 2.37. The molecular formula is C21H21Pr. The fraction of sp³-hybridized carbons (Fsp3) is 0.143. The molecule has 0 saturated heterocycles. The molecule has 3 rings (SSSR count). The molecule has 0 aliphatic rings. The van der Waals surface area contributed by atoms with Crippen LogP contribution >= 0.6 is 0 Å². The predicted octanol–water partition coefficient (Wildman–Crippen LogP) is 3.51. The SMILES string of the molecule is Cc1cc[c]([Pr]([c]2ccc(C)cc2)[c]2ccc(C)cc2)cc1. The molecule has 0 atom stereocenters. The average Bonchev–Trinajstić information content (AvgIpc) is 2.53. The Morgan fingerprint density at radius 3 is 0.864 bits per heavy atom. The molecule has 0 aliphatic carbocycles. The van der Waals surface area contributed by atoms with E-state index >= 15 is 0 Å². The number of aryl methyl sites for hydroxylation is 3. The summed E-state index contributed by atoms with van der Waals surface area (Å²) >= 11 is -2.37. The molecule has 0 fully saturated rings. The molecule has 0 nitrogen and oxygen atoms in total. The second kappa shape index (κ2) is 7.07. The first-order valence-electron chi connectivity index (χ1n) is 7.83. The zero-order valence-corrected chi connectivity index (χ0v) is 17.2. The van der Waals surface area contributed by atoms with E-state index in [4.69, 9.17) is 0 Å². The van der Waals surface area contributed by atoms with Gasteiger partial charge in [-0.15, -0.1) is 0 Å². The zero-order chi connectivity index (χ0) is 15.5. The molecule has 3 aromatic rings. The Bertz CT molecular complexity index is 629. The minimum absolute atomic E-state index is 1.34. The summed E-state index contributed by atoms with van der Waals surface area (Å²) in [4.78, 5) is 0. The van der Waals surface area contributed by atoms with Gasteiger partial charge in [0.25, 0.3) is 0 Å². The van der Waals surface area contributed by atoms with Gasteiger partial charge in [0.1, 0.15) is 0 Å². The number of benzene rings is 3. The van der Waals surface area contributed by atoms with Crippen molar-refractivity contribution >= 4 is 3.44 Å². The molecule has 0 spiro atoms.